The van der Waals surface area contributed by atoms with Crippen LogP contribution in [0.3, 0.4) is 0 Å². The van der Waals surface area contributed by atoms with Crippen LogP contribution in [-0.4, -0.2) is 12.1 Å². The molecule has 0 radical (unpaired) electrons. The first kappa shape index (κ1) is 12.1. The number of rotatable bonds is 8. The van der Waals surface area contributed by atoms with Gasteiger partial charge in [0.15, 0.2) is 0 Å². The minimum Gasteiger partial charge on any atom is -0.300 e. The molecule has 0 bridgehead atoms. The highest BCUT2D eigenvalue weighted by Crippen LogP contribution is 2.04. The van der Waals surface area contributed by atoms with Crippen molar-refractivity contribution in [2.24, 2.45) is 0 Å². The van der Waals surface area contributed by atoms with Crippen LogP contribution in [0.4, 0.5) is 0 Å². The van der Waals surface area contributed by atoms with Gasteiger partial charge in [0.1, 0.15) is 12.1 Å². The highest BCUT2D eigenvalue weighted by Gasteiger charge is 1.96. The van der Waals surface area contributed by atoms with Gasteiger partial charge in [-0.2, -0.15) is 0 Å². The van der Waals surface area contributed by atoms with E-state index in [1.165, 1.54) is 6.08 Å². The molecule has 0 amide bonds. The fourth-order valence-electron chi connectivity index (χ4n) is 1.09. The lowest BCUT2D eigenvalue weighted by Crippen LogP contribution is -1.93. The Labute approximate surface area is 80.0 Å². The van der Waals surface area contributed by atoms with Crippen molar-refractivity contribution in [2.45, 2.75) is 45.4 Å². The van der Waals surface area contributed by atoms with Gasteiger partial charge in [-0.05, 0) is 25.3 Å². The van der Waals surface area contributed by atoms with Crippen molar-refractivity contribution >= 4 is 12.1 Å². The van der Waals surface area contributed by atoms with Gasteiger partial charge in [-0.15, -0.1) is 0 Å². The lowest BCUT2D eigenvalue weighted by atomic mass is 10.1. The zero-order chi connectivity index (χ0) is 9.94. The topological polar surface area (TPSA) is 34.1 Å². The standard InChI is InChI=1S/C11H18O2/c1-2-11(13)9-7-5-3-4-6-8-10-12/h6,8,10H,2-5,7,9H2,1H3. The lowest BCUT2D eigenvalue weighted by Gasteiger charge is -1.96. The van der Waals surface area contributed by atoms with E-state index in [2.05, 4.69) is 0 Å². The van der Waals surface area contributed by atoms with E-state index in [0.29, 0.717) is 18.6 Å². The number of aldehydes is 1. The van der Waals surface area contributed by atoms with Gasteiger partial charge in [0.2, 0.25) is 0 Å². The van der Waals surface area contributed by atoms with Gasteiger partial charge in [0.25, 0.3) is 0 Å². The first-order chi connectivity index (χ1) is 6.31. The number of Topliss-reactive ketones (excluding diaryl/α,β-unsaturated/α-hetero) is 1. The lowest BCUT2D eigenvalue weighted by molar-refractivity contribution is -0.118. The fraction of sp³-hybridized carbons (Fsp3) is 0.636. The average molecular weight is 182 g/mol. The summed E-state index contributed by atoms with van der Waals surface area (Å²) >= 11 is 0. The Balaban J connectivity index is 3.12. The molecule has 0 aliphatic heterocycles. The van der Waals surface area contributed by atoms with Crippen molar-refractivity contribution in [3.05, 3.63) is 12.2 Å². The van der Waals surface area contributed by atoms with E-state index in [-0.39, 0.29) is 0 Å². The SMILES string of the molecule is CCC(=O)CCCCCC=CC=O. The normalized spacial score (nSPS) is 10.5. The van der Waals surface area contributed by atoms with Gasteiger partial charge in [-0.1, -0.05) is 19.4 Å². The number of allylic oxidation sites excluding steroid dienone is 2. The van der Waals surface area contributed by atoms with E-state index < -0.39 is 0 Å². The number of hydrogen-bond acceptors (Lipinski definition) is 2. The second kappa shape index (κ2) is 9.17. The van der Waals surface area contributed by atoms with E-state index in [1.807, 2.05) is 13.0 Å². The number of carbonyl (C=O) groups excluding carboxylic acids is 2. The molecule has 0 heterocycles. The Hall–Kier alpha value is -0.920. The maximum Gasteiger partial charge on any atom is 0.142 e. The van der Waals surface area contributed by atoms with Crippen LogP contribution in [-0.2, 0) is 9.59 Å². The third kappa shape index (κ3) is 8.99. The van der Waals surface area contributed by atoms with Crippen molar-refractivity contribution in [1.82, 2.24) is 0 Å². The third-order valence-corrected chi connectivity index (χ3v) is 1.94. The van der Waals surface area contributed by atoms with Crippen molar-refractivity contribution in [3.8, 4) is 0 Å². The third-order valence-electron chi connectivity index (χ3n) is 1.94. The molecule has 0 N–H and O–H groups in total. The summed E-state index contributed by atoms with van der Waals surface area (Å²) in [7, 11) is 0. The largest absolute Gasteiger partial charge is 0.300 e. The van der Waals surface area contributed by atoms with Crippen molar-refractivity contribution in [1.29, 1.82) is 0 Å². The zero-order valence-corrected chi connectivity index (χ0v) is 8.29. The molecule has 0 saturated heterocycles. The fourth-order valence-corrected chi connectivity index (χ4v) is 1.09. The van der Waals surface area contributed by atoms with Crippen molar-refractivity contribution in [3.63, 3.8) is 0 Å². The molecule has 0 aromatic carbocycles. The summed E-state index contributed by atoms with van der Waals surface area (Å²) in [4.78, 5) is 20.8. The molecule has 0 atom stereocenters. The maximum atomic E-state index is 10.9. The summed E-state index contributed by atoms with van der Waals surface area (Å²) in [5.74, 6) is 0.350. The number of ketones is 1. The van der Waals surface area contributed by atoms with Crippen LogP contribution in [0, 0.1) is 0 Å². The Morgan fingerprint density at radius 1 is 1.23 bits per heavy atom. The average Bonchev–Trinajstić information content (AvgIpc) is 2.16. The first-order valence-electron chi connectivity index (χ1n) is 4.93. The van der Waals surface area contributed by atoms with Gasteiger partial charge in [-0.25, -0.2) is 0 Å². The van der Waals surface area contributed by atoms with Gasteiger partial charge < -0.3 is 0 Å². The molecule has 74 valence electrons. The van der Waals surface area contributed by atoms with Crippen LogP contribution in [0.5, 0.6) is 0 Å². The Morgan fingerprint density at radius 2 is 2.00 bits per heavy atom. The van der Waals surface area contributed by atoms with E-state index >= 15 is 0 Å². The molecule has 2 nitrogen and oxygen atoms in total. The molecule has 2 heteroatoms. The molecule has 13 heavy (non-hydrogen) atoms. The molecule has 0 saturated carbocycles. The minimum atomic E-state index is 0.350. The zero-order valence-electron chi connectivity index (χ0n) is 8.29. The Bertz CT molecular complexity index is 171. The van der Waals surface area contributed by atoms with Crippen LogP contribution < -0.4 is 0 Å². The molecule has 0 aromatic heterocycles. The molecule has 0 spiro atoms. The second-order valence-corrected chi connectivity index (χ2v) is 3.06. The molecule has 0 aliphatic rings. The van der Waals surface area contributed by atoms with Gasteiger partial charge >= 0.3 is 0 Å². The smallest absolute Gasteiger partial charge is 0.142 e. The first-order valence-corrected chi connectivity index (χ1v) is 4.93. The highest BCUT2D eigenvalue weighted by atomic mass is 16.1. The minimum absolute atomic E-state index is 0.350. The number of hydrogen-bond donors (Lipinski definition) is 0. The van der Waals surface area contributed by atoms with Crippen LogP contribution in [0.25, 0.3) is 0 Å². The molecule has 0 fully saturated rings. The van der Waals surface area contributed by atoms with Crippen LogP contribution in [0.1, 0.15) is 45.4 Å². The van der Waals surface area contributed by atoms with E-state index in [0.717, 1.165) is 32.0 Å². The Morgan fingerprint density at radius 3 is 2.62 bits per heavy atom. The van der Waals surface area contributed by atoms with Crippen molar-refractivity contribution in [2.75, 3.05) is 0 Å². The summed E-state index contributed by atoms with van der Waals surface area (Å²) in [5.41, 5.74) is 0. The quantitative estimate of drug-likeness (QED) is 0.328. The summed E-state index contributed by atoms with van der Waals surface area (Å²) in [5, 5.41) is 0. The monoisotopic (exact) mass is 182 g/mol. The van der Waals surface area contributed by atoms with Gasteiger partial charge in [-0.3, -0.25) is 9.59 Å². The number of carbonyl (C=O) groups is 2. The second-order valence-electron chi connectivity index (χ2n) is 3.06. The molecule has 0 aliphatic carbocycles. The van der Waals surface area contributed by atoms with Crippen LogP contribution >= 0.6 is 0 Å². The molecular formula is C11H18O2. The summed E-state index contributed by atoms with van der Waals surface area (Å²) in [6.07, 6.45) is 9.64. The highest BCUT2D eigenvalue weighted by molar-refractivity contribution is 5.77. The van der Waals surface area contributed by atoms with Crippen LogP contribution in [0.15, 0.2) is 12.2 Å². The van der Waals surface area contributed by atoms with Crippen LogP contribution in [0.2, 0.25) is 0 Å². The molecule has 0 aromatic rings. The predicted octanol–water partition coefficient (Wildman–Crippen LogP) is 2.67. The summed E-state index contributed by atoms with van der Waals surface area (Å²) in [6.45, 7) is 1.90. The molecule has 0 unspecified atom stereocenters. The molecule has 0 rings (SSSR count). The number of unbranched alkanes of at least 4 members (excludes halogenated alkanes) is 3. The van der Waals surface area contributed by atoms with Gasteiger partial charge in [0, 0.05) is 12.8 Å². The van der Waals surface area contributed by atoms with Gasteiger partial charge in [0.05, 0.1) is 0 Å². The maximum absolute atomic E-state index is 10.9. The van der Waals surface area contributed by atoms with Crippen molar-refractivity contribution < 1.29 is 9.59 Å². The van der Waals surface area contributed by atoms with E-state index in [9.17, 15) is 9.59 Å². The Kier molecular flexibility index (Phi) is 8.52. The summed E-state index contributed by atoms with van der Waals surface area (Å²) in [6, 6.07) is 0. The summed E-state index contributed by atoms with van der Waals surface area (Å²) < 4.78 is 0. The predicted molar refractivity (Wildman–Crippen MR) is 53.6 cm³/mol. The molecular weight excluding hydrogens is 164 g/mol. The van der Waals surface area contributed by atoms with E-state index in [1.54, 1.807) is 0 Å². The van der Waals surface area contributed by atoms with E-state index in [4.69, 9.17) is 0 Å².